The van der Waals surface area contributed by atoms with Crippen molar-refractivity contribution in [3.63, 3.8) is 0 Å². The SMILES string of the molecule is COc1cc2c(Oc3ccc(NS(=O)(=O)c4ccccc4OC(F)(F)F)cc3F)ccnc2cc1OCCN1CCOCC1.O=S(=O)(O)c1cccc(-c2ccccc2)c1. The molecule has 0 amide bonds. The fourth-order valence-corrected chi connectivity index (χ4v) is 7.63. The molecule has 6 aromatic rings. The lowest BCUT2D eigenvalue weighted by atomic mass is 10.1. The van der Waals surface area contributed by atoms with Gasteiger partial charge in [-0.1, -0.05) is 54.6 Å². The Labute approximate surface area is 342 Å². The summed E-state index contributed by atoms with van der Waals surface area (Å²) in [4.78, 5) is 5.72. The van der Waals surface area contributed by atoms with E-state index < -0.39 is 43.0 Å². The third kappa shape index (κ3) is 11.6. The molecule has 0 spiro atoms. The van der Waals surface area contributed by atoms with E-state index in [9.17, 15) is 30.0 Å². The number of hydrogen-bond acceptors (Lipinski definition) is 11. The molecule has 0 atom stereocenters. The van der Waals surface area contributed by atoms with E-state index in [0.717, 1.165) is 42.4 Å². The van der Waals surface area contributed by atoms with Crippen LogP contribution in [0.25, 0.3) is 22.0 Å². The number of ether oxygens (including phenoxy) is 5. The van der Waals surface area contributed by atoms with Crippen LogP contribution in [0.1, 0.15) is 0 Å². The van der Waals surface area contributed by atoms with Crippen LogP contribution < -0.4 is 23.7 Å². The van der Waals surface area contributed by atoms with Crippen molar-refractivity contribution >= 4 is 36.7 Å². The maximum atomic E-state index is 15.1. The number of sulfonamides is 1. The van der Waals surface area contributed by atoms with Crippen LogP contribution in [-0.4, -0.2) is 84.2 Å². The van der Waals surface area contributed by atoms with Crippen molar-refractivity contribution in [1.29, 1.82) is 0 Å². The summed E-state index contributed by atoms with van der Waals surface area (Å²) >= 11 is 0. The van der Waals surface area contributed by atoms with Gasteiger partial charge in [-0.3, -0.25) is 19.2 Å². The lowest BCUT2D eigenvalue weighted by Crippen LogP contribution is -2.38. The number of nitrogens with one attached hydrogen (secondary N) is 1. The predicted octanol–water partition coefficient (Wildman–Crippen LogP) is 8.19. The third-order valence-corrected chi connectivity index (χ3v) is 11.0. The molecule has 5 aromatic carbocycles. The zero-order valence-electron chi connectivity index (χ0n) is 31.6. The summed E-state index contributed by atoms with van der Waals surface area (Å²) in [6, 6.07) is 27.9. The molecule has 0 saturated carbocycles. The number of rotatable bonds is 13. The average Bonchev–Trinajstić information content (AvgIpc) is 3.22. The standard InChI is InChI=1S/C29H27F4N3O7S.C12H10O3S/c1-39-26-17-20-22(18-27(26)41-15-12-36-10-13-40-14-11-36)34-9-8-23(20)42-24-7-6-19(16-21(24)30)35-44(37,38)28-5-3-2-4-25(28)43-29(31,32)33;13-16(14,15)12-8-4-7-11(9-12)10-5-2-1-3-6-10/h2-9,16-18,35H,10-15H2,1H3;1-9H,(H,13,14,15). The molecule has 1 aliphatic rings. The number of fused-ring (bicyclic) bond motifs is 1. The summed E-state index contributed by atoms with van der Waals surface area (Å²) in [5.74, 6) is -0.992. The van der Waals surface area contributed by atoms with Crippen molar-refractivity contribution in [3.8, 4) is 39.9 Å². The Morgan fingerprint density at radius 2 is 1.50 bits per heavy atom. The van der Waals surface area contributed by atoms with Crippen molar-refractivity contribution in [2.24, 2.45) is 0 Å². The van der Waals surface area contributed by atoms with E-state index in [0.29, 0.717) is 48.8 Å². The Kier molecular flexibility index (Phi) is 13.8. The van der Waals surface area contributed by atoms with Gasteiger partial charge in [0, 0.05) is 43.4 Å². The molecular formula is C41H37F4N3O10S2. The minimum atomic E-state index is -5.12. The van der Waals surface area contributed by atoms with Gasteiger partial charge in [-0.25, -0.2) is 12.8 Å². The topological polar surface area (TPSA) is 163 Å². The second-order valence-electron chi connectivity index (χ2n) is 12.8. The predicted molar refractivity (Wildman–Crippen MR) is 213 cm³/mol. The van der Waals surface area contributed by atoms with Crippen molar-refractivity contribution < 1.29 is 62.6 Å². The van der Waals surface area contributed by atoms with Gasteiger partial charge in [0.15, 0.2) is 23.1 Å². The molecule has 0 aliphatic carbocycles. The van der Waals surface area contributed by atoms with Crippen LogP contribution >= 0.6 is 0 Å². The maximum Gasteiger partial charge on any atom is 0.573 e. The molecule has 60 heavy (non-hydrogen) atoms. The Balaban J connectivity index is 0.000000314. The first-order chi connectivity index (χ1) is 28.6. The number of alkyl halides is 3. The molecule has 2 heterocycles. The smallest absolute Gasteiger partial charge is 0.493 e. The van der Waals surface area contributed by atoms with E-state index in [4.69, 9.17) is 23.5 Å². The highest BCUT2D eigenvalue weighted by Crippen LogP contribution is 2.38. The normalized spacial score (nSPS) is 13.5. The zero-order chi connectivity index (χ0) is 42.9. The van der Waals surface area contributed by atoms with Crippen LogP contribution in [0, 0.1) is 5.82 Å². The van der Waals surface area contributed by atoms with Crippen LogP contribution in [-0.2, 0) is 24.9 Å². The molecule has 1 saturated heterocycles. The highest BCUT2D eigenvalue weighted by Gasteiger charge is 2.34. The summed E-state index contributed by atoms with van der Waals surface area (Å²) in [5.41, 5.74) is 1.91. The molecule has 19 heteroatoms. The summed E-state index contributed by atoms with van der Waals surface area (Å²) in [6.45, 7) is 4.14. The summed E-state index contributed by atoms with van der Waals surface area (Å²) in [6.07, 6.45) is -3.64. The van der Waals surface area contributed by atoms with Gasteiger partial charge in [-0.05, 0) is 59.7 Å². The van der Waals surface area contributed by atoms with Crippen LogP contribution in [0.2, 0.25) is 0 Å². The highest BCUT2D eigenvalue weighted by molar-refractivity contribution is 7.92. The van der Waals surface area contributed by atoms with Crippen LogP contribution in [0.3, 0.4) is 0 Å². The number of pyridine rings is 1. The monoisotopic (exact) mass is 871 g/mol. The second-order valence-corrected chi connectivity index (χ2v) is 15.9. The average molecular weight is 872 g/mol. The van der Waals surface area contributed by atoms with Gasteiger partial charge in [0.05, 0.1) is 36.4 Å². The van der Waals surface area contributed by atoms with Crippen molar-refractivity contribution in [2.45, 2.75) is 16.2 Å². The summed E-state index contributed by atoms with van der Waals surface area (Å²) in [5, 5.41) is 0.496. The Morgan fingerprint density at radius 1 is 0.783 bits per heavy atom. The molecule has 1 aromatic heterocycles. The molecule has 1 fully saturated rings. The number of benzene rings is 5. The number of anilines is 1. The van der Waals surface area contributed by atoms with E-state index in [1.807, 2.05) is 30.3 Å². The second kappa shape index (κ2) is 18.9. The minimum Gasteiger partial charge on any atom is -0.493 e. The first-order valence-corrected chi connectivity index (χ1v) is 20.9. The number of nitrogens with zero attached hydrogens (tertiary/aromatic N) is 2. The van der Waals surface area contributed by atoms with Gasteiger partial charge >= 0.3 is 6.36 Å². The molecule has 316 valence electrons. The molecule has 1 aliphatic heterocycles. The van der Waals surface area contributed by atoms with Gasteiger partial charge in [-0.2, -0.15) is 8.42 Å². The van der Waals surface area contributed by atoms with E-state index in [-0.39, 0.29) is 22.1 Å². The Hall–Kier alpha value is -5.99. The van der Waals surface area contributed by atoms with E-state index >= 15 is 4.39 Å². The van der Waals surface area contributed by atoms with Crippen molar-refractivity contribution in [3.05, 3.63) is 127 Å². The van der Waals surface area contributed by atoms with E-state index in [1.54, 1.807) is 24.3 Å². The summed E-state index contributed by atoms with van der Waals surface area (Å²) in [7, 11) is -7.23. The van der Waals surface area contributed by atoms with E-state index in [1.165, 1.54) is 55.8 Å². The Morgan fingerprint density at radius 3 is 2.20 bits per heavy atom. The fraction of sp³-hybridized carbons (Fsp3) is 0.195. The minimum absolute atomic E-state index is 0.0890. The number of morpholine rings is 1. The number of halogens is 4. The van der Waals surface area contributed by atoms with Gasteiger partial charge in [0.2, 0.25) is 0 Å². The van der Waals surface area contributed by atoms with Gasteiger partial charge in [-0.15, -0.1) is 13.2 Å². The lowest BCUT2D eigenvalue weighted by molar-refractivity contribution is -0.275. The molecule has 0 bridgehead atoms. The van der Waals surface area contributed by atoms with E-state index in [2.05, 4.69) is 19.3 Å². The third-order valence-electron chi connectivity index (χ3n) is 8.76. The van der Waals surface area contributed by atoms with Crippen LogP contribution in [0.5, 0.6) is 28.7 Å². The number of para-hydroxylation sites is 1. The fourth-order valence-electron chi connectivity index (χ4n) is 5.92. The number of methoxy groups -OCH3 is 1. The quantitative estimate of drug-likeness (QED) is 0.0847. The number of aromatic nitrogens is 1. The van der Waals surface area contributed by atoms with Crippen molar-refractivity contribution in [2.75, 3.05) is 51.3 Å². The maximum absolute atomic E-state index is 15.1. The first-order valence-electron chi connectivity index (χ1n) is 18.0. The molecule has 2 N–H and O–H groups in total. The van der Waals surface area contributed by atoms with Gasteiger partial charge < -0.3 is 23.7 Å². The molecule has 7 rings (SSSR count). The van der Waals surface area contributed by atoms with Gasteiger partial charge in [0.25, 0.3) is 20.1 Å². The summed E-state index contributed by atoms with van der Waals surface area (Å²) < 4.78 is 138. The highest BCUT2D eigenvalue weighted by atomic mass is 32.2. The van der Waals surface area contributed by atoms with Crippen LogP contribution in [0.15, 0.2) is 131 Å². The Bertz CT molecular complexity index is 2650. The zero-order valence-corrected chi connectivity index (χ0v) is 33.3. The van der Waals surface area contributed by atoms with Crippen molar-refractivity contribution in [1.82, 2.24) is 9.88 Å². The molecule has 0 unspecified atom stereocenters. The van der Waals surface area contributed by atoms with Gasteiger partial charge in [0.1, 0.15) is 23.0 Å². The van der Waals surface area contributed by atoms with Crippen LogP contribution in [0.4, 0.5) is 23.2 Å². The molecule has 0 radical (unpaired) electrons. The number of hydrogen-bond donors (Lipinski definition) is 2. The molecule has 13 nitrogen and oxygen atoms in total. The lowest BCUT2D eigenvalue weighted by Gasteiger charge is -2.26. The largest absolute Gasteiger partial charge is 0.573 e. The first kappa shape index (κ1) is 43.6. The molecular weight excluding hydrogens is 835 g/mol.